The number of sulfonamides is 1. The molecule has 0 radical (unpaired) electrons. The number of anilines is 1. The fourth-order valence-corrected chi connectivity index (χ4v) is 4.34. The van der Waals surface area contributed by atoms with Gasteiger partial charge in [-0.25, -0.2) is 12.8 Å². The maximum atomic E-state index is 13.3. The zero-order valence-electron chi connectivity index (χ0n) is 17.8. The van der Waals surface area contributed by atoms with Gasteiger partial charge in [0.25, 0.3) is 0 Å². The Kier molecular flexibility index (Phi) is 8.89. The highest BCUT2D eigenvalue weighted by molar-refractivity contribution is 7.92. The first-order valence-electron chi connectivity index (χ1n) is 9.67. The molecule has 1 N–H and O–H groups in total. The minimum absolute atomic E-state index is 0.0225. The van der Waals surface area contributed by atoms with Crippen LogP contribution in [0.2, 0.25) is 10.0 Å². The van der Waals surface area contributed by atoms with E-state index < -0.39 is 40.2 Å². The van der Waals surface area contributed by atoms with Crippen LogP contribution in [0.25, 0.3) is 0 Å². The first-order valence-corrected chi connectivity index (χ1v) is 12.3. The van der Waals surface area contributed by atoms with E-state index >= 15 is 0 Å². The van der Waals surface area contributed by atoms with Crippen LogP contribution >= 0.6 is 23.2 Å². The first kappa shape index (κ1) is 25.9. The Hall–Kier alpha value is -2.36. The Morgan fingerprint density at radius 1 is 1.09 bits per heavy atom. The molecule has 2 aromatic carbocycles. The van der Waals surface area contributed by atoms with E-state index in [0.29, 0.717) is 12.1 Å². The lowest BCUT2D eigenvalue weighted by atomic mass is 10.1. The van der Waals surface area contributed by atoms with E-state index in [1.165, 1.54) is 54.3 Å². The monoisotopic (exact) mass is 503 g/mol. The van der Waals surface area contributed by atoms with Crippen LogP contribution in [0.15, 0.2) is 42.5 Å². The van der Waals surface area contributed by atoms with Gasteiger partial charge in [-0.3, -0.25) is 13.9 Å². The van der Waals surface area contributed by atoms with Gasteiger partial charge in [-0.1, -0.05) is 35.3 Å². The standard InChI is InChI=1S/C21H24Cl2FN3O4S/c1-4-25-21(29)14(2)26(12-15-5-7-18(24)8-6-15)20(28)13-27(32(3,30)31)19-10-16(22)9-17(23)11-19/h5-11,14H,4,12-13H2,1-3H3,(H,25,29)/t14-/m0/s1. The van der Waals surface area contributed by atoms with Crippen molar-refractivity contribution in [3.8, 4) is 0 Å². The van der Waals surface area contributed by atoms with Crippen molar-refractivity contribution in [3.63, 3.8) is 0 Å². The normalized spacial score (nSPS) is 12.2. The number of likely N-dealkylation sites (N-methyl/N-ethyl adjacent to an activating group) is 1. The molecule has 0 heterocycles. The molecule has 0 unspecified atom stereocenters. The number of amides is 2. The molecule has 2 aromatic rings. The summed E-state index contributed by atoms with van der Waals surface area (Å²) in [5, 5.41) is 3.05. The van der Waals surface area contributed by atoms with Crippen molar-refractivity contribution in [1.29, 1.82) is 0 Å². The average molecular weight is 504 g/mol. The summed E-state index contributed by atoms with van der Waals surface area (Å²) in [6, 6.07) is 8.75. The van der Waals surface area contributed by atoms with Crippen molar-refractivity contribution in [2.75, 3.05) is 23.7 Å². The molecule has 0 saturated heterocycles. The maximum absolute atomic E-state index is 13.3. The highest BCUT2D eigenvalue weighted by Crippen LogP contribution is 2.27. The van der Waals surface area contributed by atoms with Crippen molar-refractivity contribution in [2.45, 2.75) is 26.4 Å². The van der Waals surface area contributed by atoms with E-state index in [0.717, 1.165) is 10.6 Å². The molecule has 1 atom stereocenters. The predicted octanol–water partition coefficient (Wildman–Crippen LogP) is 3.45. The molecule has 0 aliphatic heterocycles. The van der Waals surface area contributed by atoms with Gasteiger partial charge in [0.15, 0.2) is 0 Å². The van der Waals surface area contributed by atoms with Gasteiger partial charge in [0.05, 0.1) is 11.9 Å². The number of nitrogens with one attached hydrogen (secondary N) is 1. The van der Waals surface area contributed by atoms with Crippen molar-refractivity contribution in [3.05, 3.63) is 63.9 Å². The molecule has 0 bridgehead atoms. The zero-order valence-corrected chi connectivity index (χ0v) is 20.1. The zero-order chi connectivity index (χ0) is 24.1. The molecule has 7 nitrogen and oxygen atoms in total. The van der Waals surface area contributed by atoms with Gasteiger partial charge in [-0.2, -0.15) is 0 Å². The van der Waals surface area contributed by atoms with Crippen LogP contribution in [0, 0.1) is 5.82 Å². The van der Waals surface area contributed by atoms with Crippen LogP contribution in [-0.4, -0.2) is 50.5 Å². The molecular formula is C21H24Cl2FN3O4S. The molecule has 0 spiro atoms. The summed E-state index contributed by atoms with van der Waals surface area (Å²) in [6.07, 6.45) is 0.951. The van der Waals surface area contributed by atoms with Gasteiger partial charge >= 0.3 is 0 Å². The Morgan fingerprint density at radius 2 is 1.66 bits per heavy atom. The number of hydrogen-bond donors (Lipinski definition) is 1. The van der Waals surface area contributed by atoms with Crippen molar-refractivity contribution in [2.24, 2.45) is 0 Å². The van der Waals surface area contributed by atoms with Crippen molar-refractivity contribution >= 4 is 50.7 Å². The topological polar surface area (TPSA) is 86.8 Å². The summed E-state index contributed by atoms with van der Waals surface area (Å²) in [5.41, 5.74) is 0.693. The van der Waals surface area contributed by atoms with E-state index in [4.69, 9.17) is 23.2 Å². The predicted molar refractivity (Wildman–Crippen MR) is 124 cm³/mol. The second-order valence-electron chi connectivity index (χ2n) is 7.12. The van der Waals surface area contributed by atoms with Gasteiger partial charge in [-0.15, -0.1) is 0 Å². The van der Waals surface area contributed by atoms with E-state index in [2.05, 4.69) is 5.32 Å². The number of nitrogens with zero attached hydrogens (tertiary/aromatic N) is 2. The summed E-state index contributed by atoms with van der Waals surface area (Å²) < 4.78 is 39.1. The molecule has 2 rings (SSSR count). The van der Waals surface area contributed by atoms with Gasteiger partial charge in [0.1, 0.15) is 18.4 Å². The number of halogens is 3. The Bertz CT molecular complexity index is 1060. The van der Waals surface area contributed by atoms with Crippen molar-refractivity contribution in [1.82, 2.24) is 10.2 Å². The molecule has 0 saturated carbocycles. The first-order chi connectivity index (χ1) is 14.9. The molecule has 11 heteroatoms. The van der Waals surface area contributed by atoms with Crippen LogP contribution in [0.4, 0.5) is 10.1 Å². The summed E-state index contributed by atoms with van der Waals surface area (Å²) in [6.45, 7) is 3.03. The molecule has 174 valence electrons. The third kappa shape index (κ3) is 7.08. The Balaban J connectivity index is 2.40. The Labute approximate surface area is 197 Å². The van der Waals surface area contributed by atoms with Crippen LogP contribution in [0.5, 0.6) is 0 Å². The molecule has 32 heavy (non-hydrogen) atoms. The van der Waals surface area contributed by atoms with Gasteiger partial charge in [-0.05, 0) is 49.7 Å². The number of rotatable bonds is 9. The number of carbonyl (C=O) groups excluding carboxylic acids is 2. The fourth-order valence-electron chi connectivity index (χ4n) is 2.99. The van der Waals surface area contributed by atoms with Crippen LogP contribution in [0.1, 0.15) is 19.4 Å². The van der Waals surface area contributed by atoms with E-state index in [-0.39, 0.29) is 22.3 Å². The summed E-state index contributed by atoms with van der Waals surface area (Å²) >= 11 is 12.0. The SMILES string of the molecule is CCNC(=O)[C@H](C)N(Cc1ccc(F)cc1)C(=O)CN(c1cc(Cl)cc(Cl)c1)S(C)(=O)=O. The minimum Gasteiger partial charge on any atom is -0.355 e. The van der Waals surface area contributed by atoms with E-state index in [1.807, 2.05) is 0 Å². The number of benzene rings is 2. The molecule has 2 amide bonds. The number of carbonyl (C=O) groups is 2. The maximum Gasteiger partial charge on any atom is 0.244 e. The lowest BCUT2D eigenvalue weighted by Gasteiger charge is -2.31. The smallest absolute Gasteiger partial charge is 0.244 e. The molecule has 0 aliphatic carbocycles. The van der Waals surface area contributed by atoms with Crippen LogP contribution in [-0.2, 0) is 26.2 Å². The highest BCUT2D eigenvalue weighted by Gasteiger charge is 2.30. The Morgan fingerprint density at radius 3 is 2.16 bits per heavy atom. The number of hydrogen-bond acceptors (Lipinski definition) is 4. The molecular weight excluding hydrogens is 480 g/mol. The minimum atomic E-state index is -3.90. The summed E-state index contributed by atoms with van der Waals surface area (Å²) in [4.78, 5) is 26.9. The fraction of sp³-hybridized carbons (Fsp3) is 0.333. The second kappa shape index (κ2) is 11.0. The van der Waals surface area contributed by atoms with Gasteiger partial charge < -0.3 is 10.2 Å². The van der Waals surface area contributed by atoms with E-state index in [1.54, 1.807) is 6.92 Å². The summed E-state index contributed by atoms with van der Waals surface area (Å²) in [5.74, 6) is -1.47. The quantitative estimate of drug-likeness (QED) is 0.567. The largest absolute Gasteiger partial charge is 0.355 e. The van der Waals surface area contributed by atoms with Gasteiger partial charge in [0.2, 0.25) is 21.8 Å². The lowest BCUT2D eigenvalue weighted by molar-refractivity contribution is -0.139. The van der Waals surface area contributed by atoms with Crippen molar-refractivity contribution < 1.29 is 22.4 Å². The van der Waals surface area contributed by atoms with E-state index in [9.17, 15) is 22.4 Å². The van der Waals surface area contributed by atoms with Gasteiger partial charge in [0, 0.05) is 23.1 Å². The van der Waals surface area contributed by atoms with Crippen LogP contribution in [0.3, 0.4) is 0 Å². The third-order valence-electron chi connectivity index (χ3n) is 4.60. The molecule has 0 fully saturated rings. The molecule has 0 aromatic heterocycles. The summed E-state index contributed by atoms with van der Waals surface area (Å²) in [7, 11) is -3.90. The lowest BCUT2D eigenvalue weighted by Crippen LogP contribution is -2.51. The second-order valence-corrected chi connectivity index (χ2v) is 9.90. The highest BCUT2D eigenvalue weighted by atomic mass is 35.5. The third-order valence-corrected chi connectivity index (χ3v) is 6.18. The molecule has 0 aliphatic rings. The average Bonchev–Trinajstić information content (AvgIpc) is 2.69. The van der Waals surface area contributed by atoms with Crippen LogP contribution < -0.4 is 9.62 Å².